The second kappa shape index (κ2) is 4.39. The monoisotopic (exact) mass is 173 g/mol. The minimum atomic E-state index is -0.207. The van der Waals surface area contributed by atoms with E-state index in [1.807, 2.05) is 0 Å². The number of rotatable bonds is 2. The largest absolute Gasteiger partial charge is 0.378 e. The molecule has 0 aliphatic carbocycles. The molecule has 0 aromatic carbocycles. The Balaban J connectivity index is 2.30. The van der Waals surface area contributed by atoms with E-state index in [1.165, 1.54) is 0 Å². The Bertz CT molecular complexity index is 155. The summed E-state index contributed by atoms with van der Waals surface area (Å²) in [7, 11) is 3.56. The number of carbonyl (C=O) groups is 1. The molecule has 0 bridgehead atoms. The lowest BCUT2D eigenvalue weighted by atomic mass is 10.3. The Kier molecular flexibility index (Phi) is 3.46. The molecule has 0 saturated carbocycles. The molecule has 1 atom stereocenters. The normalized spacial score (nSPS) is 24.1. The SMILES string of the molecule is CN(C)NC(=O)C1COCCN1. The van der Waals surface area contributed by atoms with Crippen LogP contribution >= 0.6 is 0 Å². The van der Waals surface area contributed by atoms with Gasteiger partial charge in [0, 0.05) is 20.6 Å². The van der Waals surface area contributed by atoms with Crippen molar-refractivity contribution in [1.82, 2.24) is 15.8 Å². The first-order chi connectivity index (χ1) is 5.70. The summed E-state index contributed by atoms with van der Waals surface area (Å²) in [6, 6.07) is -0.207. The number of hydrogen-bond acceptors (Lipinski definition) is 4. The van der Waals surface area contributed by atoms with Crippen molar-refractivity contribution in [3.05, 3.63) is 0 Å². The summed E-state index contributed by atoms with van der Waals surface area (Å²) in [5.41, 5.74) is 2.66. The van der Waals surface area contributed by atoms with Gasteiger partial charge in [0.2, 0.25) is 0 Å². The lowest BCUT2D eigenvalue weighted by molar-refractivity contribution is -0.129. The highest BCUT2D eigenvalue weighted by Gasteiger charge is 2.20. The van der Waals surface area contributed by atoms with Gasteiger partial charge in [-0.1, -0.05) is 0 Å². The fourth-order valence-electron chi connectivity index (χ4n) is 1.03. The first-order valence-electron chi connectivity index (χ1n) is 3.99. The highest BCUT2D eigenvalue weighted by Crippen LogP contribution is 1.92. The predicted molar refractivity (Wildman–Crippen MR) is 44.4 cm³/mol. The second-order valence-electron chi connectivity index (χ2n) is 2.95. The Hall–Kier alpha value is -0.650. The third-order valence-corrected chi connectivity index (χ3v) is 1.57. The van der Waals surface area contributed by atoms with Crippen LogP contribution in [0.4, 0.5) is 0 Å². The summed E-state index contributed by atoms with van der Waals surface area (Å²) in [6.07, 6.45) is 0. The van der Waals surface area contributed by atoms with Crippen molar-refractivity contribution in [2.24, 2.45) is 0 Å². The molecule has 1 amide bonds. The maximum atomic E-state index is 11.3. The predicted octanol–water partition coefficient (Wildman–Crippen LogP) is -1.43. The van der Waals surface area contributed by atoms with Crippen molar-refractivity contribution < 1.29 is 9.53 Å². The molecule has 0 spiro atoms. The number of hydrogen-bond donors (Lipinski definition) is 2. The van der Waals surface area contributed by atoms with Crippen LogP contribution in [0, 0.1) is 0 Å². The van der Waals surface area contributed by atoms with E-state index in [9.17, 15) is 4.79 Å². The van der Waals surface area contributed by atoms with Crippen molar-refractivity contribution in [2.75, 3.05) is 33.9 Å². The summed E-state index contributed by atoms with van der Waals surface area (Å²) in [5, 5.41) is 4.68. The highest BCUT2D eigenvalue weighted by atomic mass is 16.5. The molecule has 1 fully saturated rings. The Morgan fingerprint density at radius 1 is 1.67 bits per heavy atom. The number of nitrogens with zero attached hydrogens (tertiary/aromatic N) is 1. The zero-order valence-corrected chi connectivity index (χ0v) is 7.46. The van der Waals surface area contributed by atoms with Crippen molar-refractivity contribution >= 4 is 5.91 Å². The molecule has 1 aliphatic heterocycles. The molecule has 70 valence electrons. The van der Waals surface area contributed by atoms with E-state index >= 15 is 0 Å². The number of morpholine rings is 1. The van der Waals surface area contributed by atoms with Gasteiger partial charge in [-0.05, 0) is 0 Å². The van der Waals surface area contributed by atoms with Crippen molar-refractivity contribution in [1.29, 1.82) is 0 Å². The maximum Gasteiger partial charge on any atom is 0.253 e. The van der Waals surface area contributed by atoms with Crippen LogP contribution in [-0.2, 0) is 9.53 Å². The van der Waals surface area contributed by atoms with Crippen LogP contribution in [0.2, 0.25) is 0 Å². The zero-order chi connectivity index (χ0) is 8.97. The average molecular weight is 173 g/mol. The summed E-state index contributed by atoms with van der Waals surface area (Å²) in [5.74, 6) is -0.0419. The fourth-order valence-corrected chi connectivity index (χ4v) is 1.03. The van der Waals surface area contributed by atoms with Gasteiger partial charge in [0.15, 0.2) is 0 Å². The molecule has 0 radical (unpaired) electrons. The molecule has 0 aromatic heterocycles. The van der Waals surface area contributed by atoms with Crippen molar-refractivity contribution in [3.8, 4) is 0 Å². The lowest BCUT2D eigenvalue weighted by Gasteiger charge is -2.24. The van der Waals surface area contributed by atoms with Crippen molar-refractivity contribution in [3.63, 3.8) is 0 Å². The molecule has 1 heterocycles. The number of carbonyl (C=O) groups excluding carboxylic acids is 1. The van der Waals surface area contributed by atoms with Gasteiger partial charge in [-0.3, -0.25) is 10.2 Å². The van der Waals surface area contributed by atoms with Crippen LogP contribution in [-0.4, -0.2) is 50.8 Å². The van der Waals surface area contributed by atoms with Crippen molar-refractivity contribution in [2.45, 2.75) is 6.04 Å². The zero-order valence-electron chi connectivity index (χ0n) is 7.46. The standard InChI is InChI=1S/C7H15N3O2/c1-10(2)9-7(11)6-5-12-4-3-8-6/h6,8H,3-5H2,1-2H3,(H,9,11). The third kappa shape index (κ3) is 2.77. The van der Waals surface area contributed by atoms with E-state index in [4.69, 9.17) is 4.74 Å². The molecule has 1 rings (SSSR count). The van der Waals surface area contributed by atoms with E-state index in [-0.39, 0.29) is 11.9 Å². The maximum absolute atomic E-state index is 11.3. The van der Waals surface area contributed by atoms with E-state index < -0.39 is 0 Å². The topological polar surface area (TPSA) is 53.6 Å². The molecule has 12 heavy (non-hydrogen) atoms. The van der Waals surface area contributed by atoms with Crippen LogP contribution < -0.4 is 10.7 Å². The molecule has 1 aliphatic rings. The van der Waals surface area contributed by atoms with Gasteiger partial charge >= 0.3 is 0 Å². The first-order valence-corrected chi connectivity index (χ1v) is 3.99. The van der Waals surface area contributed by atoms with Crippen LogP contribution in [0.3, 0.4) is 0 Å². The second-order valence-corrected chi connectivity index (χ2v) is 2.95. The number of nitrogens with one attached hydrogen (secondary N) is 2. The number of hydrazine groups is 1. The van der Waals surface area contributed by atoms with Gasteiger partial charge in [-0.25, -0.2) is 5.01 Å². The third-order valence-electron chi connectivity index (χ3n) is 1.57. The average Bonchev–Trinajstić information content (AvgIpc) is 2.05. The van der Waals surface area contributed by atoms with Gasteiger partial charge in [-0.2, -0.15) is 0 Å². The molecule has 1 unspecified atom stereocenters. The smallest absolute Gasteiger partial charge is 0.253 e. The number of ether oxygens (including phenoxy) is 1. The molecular weight excluding hydrogens is 158 g/mol. The van der Waals surface area contributed by atoms with Gasteiger partial charge in [0.1, 0.15) is 6.04 Å². The molecule has 5 heteroatoms. The summed E-state index contributed by atoms with van der Waals surface area (Å²) >= 11 is 0. The number of amides is 1. The quantitative estimate of drug-likeness (QED) is 0.503. The van der Waals surface area contributed by atoms with E-state index in [0.717, 1.165) is 6.54 Å². The van der Waals surface area contributed by atoms with E-state index in [2.05, 4.69) is 10.7 Å². The molecular formula is C7H15N3O2. The lowest BCUT2D eigenvalue weighted by Crippen LogP contribution is -2.53. The fraction of sp³-hybridized carbons (Fsp3) is 0.857. The van der Waals surface area contributed by atoms with Gasteiger partial charge in [-0.15, -0.1) is 0 Å². The minimum absolute atomic E-state index is 0.0419. The van der Waals surface area contributed by atoms with Gasteiger partial charge in [0.05, 0.1) is 13.2 Å². The molecule has 0 aromatic rings. The summed E-state index contributed by atoms with van der Waals surface area (Å²) in [4.78, 5) is 11.3. The Morgan fingerprint density at radius 2 is 2.42 bits per heavy atom. The molecule has 1 saturated heterocycles. The van der Waals surface area contributed by atoms with Crippen LogP contribution in [0.15, 0.2) is 0 Å². The Labute approximate surface area is 72.0 Å². The van der Waals surface area contributed by atoms with Crippen LogP contribution in [0.5, 0.6) is 0 Å². The van der Waals surface area contributed by atoms with Crippen LogP contribution in [0.1, 0.15) is 0 Å². The van der Waals surface area contributed by atoms with Gasteiger partial charge < -0.3 is 10.1 Å². The summed E-state index contributed by atoms with van der Waals surface area (Å²) in [6.45, 7) is 1.89. The van der Waals surface area contributed by atoms with Gasteiger partial charge in [0.25, 0.3) is 5.91 Å². The molecule has 5 nitrogen and oxygen atoms in total. The highest BCUT2D eigenvalue weighted by molar-refractivity contribution is 5.81. The minimum Gasteiger partial charge on any atom is -0.378 e. The molecule has 2 N–H and O–H groups in total. The van der Waals surface area contributed by atoms with E-state index in [0.29, 0.717) is 13.2 Å². The van der Waals surface area contributed by atoms with E-state index in [1.54, 1.807) is 19.1 Å². The Morgan fingerprint density at radius 3 is 2.92 bits per heavy atom. The van der Waals surface area contributed by atoms with Crippen LogP contribution in [0.25, 0.3) is 0 Å². The first kappa shape index (κ1) is 9.44. The summed E-state index contributed by atoms with van der Waals surface area (Å²) < 4.78 is 5.14.